The van der Waals surface area contributed by atoms with Crippen molar-refractivity contribution in [1.29, 1.82) is 0 Å². The van der Waals surface area contributed by atoms with Gasteiger partial charge in [0.2, 0.25) is 5.91 Å². The topological polar surface area (TPSA) is 105 Å². The maximum absolute atomic E-state index is 12.2. The predicted molar refractivity (Wildman–Crippen MR) is 217 cm³/mol. The molecule has 0 aliphatic heterocycles. The van der Waals surface area contributed by atoms with Crippen LogP contribution < -0.4 is 5.32 Å². The van der Waals surface area contributed by atoms with E-state index in [1.165, 1.54) is 180 Å². The normalized spacial score (nSPS) is 14.4. The highest BCUT2D eigenvalue weighted by atomic mass is 31.2. The van der Waals surface area contributed by atoms with Gasteiger partial charge in [0.05, 0.1) is 39.9 Å². The number of likely N-dealkylation sites (N-methyl/N-ethyl adjacent to an activating group) is 1. The molecule has 0 rings (SSSR count). The minimum Gasteiger partial charge on any atom is -0.391 e. The van der Waals surface area contributed by atoms with Crippen LogP contribution in [0.5, 0.6) is 0 Å². The number of carbonyl (C=O) groups is 1. The summed E-state index contributed by atoms with van der Waals surface area (Å²) >= 11 is 0. The number of hydrogen-bond donors (Lipinski definition) is 3. The first kappa shape index (κ1) is 50.5. The number of aliphatic hydroxyl groups is 1. The summed E-state index contributed by atoms with van der Waals surface area (Å²) in [6, 6.07) is -0.756. The Balaban J connectivity index is 3.53. The van der Waals surface area contributed by atoms with Crippen molar-refractivity contribution in [1.82, 2.24) is 5.32 Å². The molecule has 0 aromatic carbocycles. The molecule has 9 heteroatoms. The number of aliphatic hydroxyl groups excluding tert-OH is 1. The van der Waals surface area contributed by atoms with Gasteiger partial charge in [-0.05, 0) is 6.42 Å². The molecule has 0 saturated heterocycles. The zero-order valence-electron chi connectivity index (χ0n) is 34.6. The molecule has 0 heterocycles. The summed E-state index contributed by atoms with van der Waals surface area (Å²) in [5.74, 6) is -0.317. The van der Waals surface area contributed by atoms with E-state index >= 15 is 0 Å². The standard InChI is InChI=1S/C42H87N2O6P/c1-6-7-8-9-10-11-12-13-14-15-16-17-18-19-20-21-22-23-24-25-26-27-28-29-30-31-32-33-34-35-36-42(46)41(43-40(2)45)39-50-51(47,48)49-38-37-44(3,4)5/h41-42,46H,6-39H2,1-5H3,(H-,43,45,47,48)/p+1. The molecular formula is C42H88N2O6P+. The maximum Gasteiger partial charge on any atom is 0.472 e. The number of carbonyl (C=O) groups excluding carboxylic acids is 1. The Morgan fingerprint density at radius 3 is 1.20 bits per heavy atom. The third-order valence-corrected chi connectivity index (χ3v) is 11.1. The lowest BCUT2D eigenvalue weighted by molar-refractivity contribution is -0.870. The first-order valence-corrected chi connectivity index (χ1v) is 23.3. The van der Waals surface area contributed by atoms with Crippen LogP contribution in [0, 0.1) is 0 Å². The van der Waals surface area contributed by atoms with Crippen LogP contribution in [0.2, 0.25) is 0 Å². The molecule has 0 fully saturated rings. The van der Waals surface area contributed by atoms with Crippen LogP contribution in [-0.2, 0) is 18.4 Å². The fourth-order valence-electron chi connectivity index (χ4n) is 6.73. The number of amides is 1. The van der Waals surface area contributed by atoms with Gasteiger partial charge in [-0.15, -0.1) is 0 Å². The third kappa shape index (κ3) is 39.0. The molecule has 3 N–H and O–H groups in total. The summed E-state index contributed by atoms with van der Waals surface area (Å²) in [6.45, 7) is 4.00. The number of quaternary nitrogens is 1. The van der Waals surface area contributed by atoms with Crippen molar-refractivity contribution in [3.8, 4) is 0 Å². The van der Waals surface area contributed by atoms with Gasteiger partial charge < -0.3 is 19.8 Å². The summed E-state index contributed by atoms with van der Waals surface area (Å²) in [5, 5.41) is 13.3. The fraction of sp³-hybridized carbons (Fsp3) is 0.976. The van der Waals surface area contributed by atoms with Gasteiger partial charge in [-0.1, -0.05) is 200 Å². The first-order chi connectivity index (χ1) is 24.5. The van der Waals surface area contributed by atoms with E-state index in [0.717, 1.165) is 19.3 Å². The average molecular weight is 748 g/mol. The highest BCUT2D eigenvalue weighted by molar-refractivity contribution is 7.47. The molecule has 0 aliphatic carbocycles. The molecule has 306 valence electrons. The molecule has 3 unspecified atom stereocenters. The Labute approximate surface area is 317 Å². The van der Waals surface area contributed by atoms with Gasteiger partial charge in [0.25, 0.3) is 0 Å². The summed E-state index contributed by atoms with van der Waals surface area (Å²) in [6.07, 6.45) is 40.7. The molecule has 8 nitrogen and oxygen atoms in total. The number of unbranched alkanes of at least 4 members (excludes halogenated alkanes) is 29. The van der Waals surface area contributed by atoms with Crippen molar-refractivity contribution in [3.63, 3.8) is 0 Å². The first-order valence-electron chi connectivity index (χ1n) is 21.8. The minimum absolute atomic E-state index is 0.0737. The molecule has 0 aromatic heterocycles. The molecule has 0 radical (unpaired) electrons. The number of phosphoric ester groups is 1. The van der Waals surface area contributed by atoms with Crippen molar-refractivity contribution < 1.29 is 32.9 Å². The number of nitrogens with one attached hydrogen (secondary N) is 1. The Morgan fingerprint density at radius 2 is 0.902 bits per heavy atom. The van der Waals surface area contributed by atoms with E-state index in [-0.39, 0.29) is 19.1 Å². The number of rotatable bonds is 40. The minimum atomic E-state index is -4.26. The van der Waals surface area contributed by atoms with Crippen molar-refractivity contribution in [2.24, 2.45) is 0 Å². The van der Waals surface area contributed by atoms with E-state index in [9.17, 15) is 19.4 Å². The van der Waals surface area contributed by atoms with Gasteiger partial charge >= 0.3 is 7.82 Å². The Hall–Kier alpha value is -0.500. The predicted octanol–water partition coefficient (Wildman–Crippen LogP) is 11.8. The number of nitrogens with zero attached hydrogens (tertiary/aromatic N) is 1. The van der Waals surface area contributed by atoms with Gasteiger partial charge in [0, 0.05) is 6.92 Å². The fourth-order valence-corrected chi connectivity index (χ4v) is 7.47. The van der Waals surface area contributed by atoms with Crippen molar-refractivity contribution in [3.05, 3.63) is 0 Å². The molecule has 0 bridgehead atoms. The molecular weight excluding hydrogens is 659 g/mol. The lowest BCUT2D eigenvalue weighted by Gasteiger charge is -2.26. The van der Waals surface area contributed by atoms with Crippen molar-refractivity contribution in [2.75, 3.05) is 40.9 Å². The summed E-state index contributed by atoms with van der Waals surface area (Å²) < 4.78 is 23.0. The average Bonchev–Trinajstić information content (AvgIpc) is 3.06. The second-order valence-electron chi connectivity index (χ2n) is 16.5. The van der Waals surface area contributed by atoms with Crippen LogP contribution in [0.1, 0.15) is 213 Å². The van der Waals surface area contributed by atoms with Crippen LogP contribution in [-0.4, -0.2) is 73.4 Å². The van der Waals surface area contributed by atoms with Gasteiger partial charge in [-0.25, -0.2) is 4.57 Å². The van der Waals surface area contributed by atoms with Crippen LogP contribution in [0.3, 0.4) is 0 Å². The van der Waals surface area contributed by atoms with E-state index in [1.54, 1.807) is 0 Å². The largest absolute Gasteiger partial charge is 0.472 e. The monoisotopic (exact) mass is 748 g/mol. The Kier molecular flexibility index (Phi) is 34.9. The Bertz CT molecular complexity index is 809. The van der Waals surface area contributed by atoms with Crippen LogP contribution in [0.4, 0.5) is 0 Å². The highest BCUT2D eigenvalue weighted by Gasteiger charge is 2.28. The van der Waals surface area contributed by atoms with Crippen molar-refractivity contribution in [2.45, 2.75) is 225 Å². The van der Waals surface area contributed by atoms with Crippen LogP contribution in [0.15, 0.2) is 0 Å². The van der Waals surface area contributed by atoms with Gasteiger partial charge in [-0.2, -0.15) is 0 Å². The molecule has 3 atom stereocenters. The molecule has 0 aromatic rings. The van der Waals surface area contributed by atoms with Crippen LogP contribution in [0.25, 0.3) is 0 Å². The second kappa shape index (κ2) is 35.2. The van der Waals surface area contributed by atoms with Crippen LogP contribution >= 0.6 is 7.82 Å². The van der Waals surface area contributed by atoms with E-state index < -0.39 is 20.0 Å². The van der Waals surface area contributed by atoms with E-state index in [4.69, 9.17) is 9.05 Å². The lowest BCUT2D eigenvalue weighted by Crippen LogP contribution is -2.45. The van der Waals surface area contributed by atoms with E-state index in [0.29, 0.717) is 17.4 Å². The van der Waals surface area contributed by atoms with Gasteiger partial charge in [-0.3, -0.25) is 13.8 Å². The molecule has 0 spiro atoms. The van der Waals surface area contributed by atoms with Gasteiger partial charge in [0.15, 0.2) is 0 Å². The third-order valence-electron chi connectivity index (χ3n) is 10.1. The van der Waals surface area contributed by atoms with Gasteiger partial charge in [0.1, 0.15) is 13.2 Å². The molecule has 51 heavy (non-hydrogen) atoms. The second-order valence-corrected chi connectivity index (χ2v) is 18.0. The van der Waals surface area contributed by atoms with E-state index in [2.05, 4.69) is 12.2 Å². The van der Waals surface area contributed by atoms with E-state index in [1.807, 2.05) is 21.1 Å². The Morgan fingerprint density at radius 1 is 0.588 bits per heavy atom. The highest BCUT2D eigenvalue weighted by Crippen LogP contribution is 2.43. The summed E-state index contributed by atoms with van der Waals surface area (Å²) in [5.41, 5.74) is 0. The molecule has 0 saturated carbocycles. The number of phosphoric acid groups is 1. The summed E-state index contributed by atoms with van der Waals surface area (Å²) in [4.78, 5) is 21.6. The van der Waals surface area contributed by atoms with Crippen molar-refractivity contribution >= 4 is 13.7 Å². The molecule has 0 aliphatic rings. The number of hydrogen-bond acceptors (Lipinski definition) is 5. The SMILES string of the molecule is CCCCCCCCCCCCCCCCCCCCCCCCCCCCCCCCC(O)C(COP(=O)(O)OCC[N+](C)(C)C)NC(C)=O. The lowest BCUT2D eigenvalue weighted by atomic mass is 10.0. The smallest absolute Gasteiger partial charge is 0.391 e. The quantitative estimate of drug-likeness (QED) is 0.0327. The zero-order chi connectivity index (χ0) is 37.9. The molecule has 1 amide bonds. The maximum atomic E-state index is 12.2. The summed E-state index contributed by atoms with van der Waals surface area (Å²) in [7, 11) is 1.61. The zero-order valence-corrected chi connectivity index (χ0v) is 35.5.